The molecule has 0 spiro atoms. The number of pyridine rings is 2. The van der Waals surface area contributed by atoms with Crippen LogP contribution in [0.15, 0.2) is 59.8 Å². The average molecular weight is 374 g/mol. The van der Waals surface area contributed by atoms with Crippen molar-refractivity contribution in [3.8, 4) is 16.9 Å². The zero-order valence-corrected chi connectivity index (χ0v) is 15.1. The summed E-state index contributed by atoms with van der Waals surface area (Å²) in [6, 6.07) is 11.1. The molecule has 4 aromatic rings. The third-order valence-electron chi connectivity index (χ3n) is 4.88. The molecule has 0 radical (unpaired) electrons. The van der Waals surface area contributed by atoms with Gasteiger partial charge in [0.15, 0.2) is 5.43 Å². The second-order valence-electron chi connectivity index (χ2n) is 6.63. The van der Waals surface area contributed by atoms with Gasteiger partial charge in [-0.15, -0.1) is 5.10 Å². The van der Waals surface area contributed by atoms with E-state index >= 15 is 0 Å². The van der Waals surface area contributed by atoms with Crippen LogP contribution in [-0.2, 0) is 4.74 Å². The fraction of sp³-hybridized carbons (Fsp3) is 0.200. The van der Waals surface area contributed by atoms with E-state index in [2.05, 4.69) is 25.2 Å². The number of rotatable bonds is 3. The van der Waals surface area contributed by atoms with Crippen LogP contribution in [0.4, 0.5) is 5.82 Å². The molecule has 1 fully saturated rings. The Bertz CT molecular complexity index is 1180. The summed E-state index contributed by atoms with van der Waals surface area (Å²) in [5.74, 6) is 0.831. The van der Waals surface area contributed by atoms with Gasteiger partial charge in [-0.2, -0.15) is 0 Å². The first-order chi connectivity index (χ1) is 13.8. The monoisotopic (exact) mass is 374 g/mol. The lowest BCUT2D eigenvalue weighted by molar-refractivity contribution is 0.122. The van der Waals surface area contributed by atoms with Crippen molar-refractivity contribution in [2.45, 2.75) is 0 Å². The number of aromatic amines is 1. The van der Waals surface area contributed by atoms with Gasteiger partial charge >= 0.3 is 0 Å². The zero-order chi connectivity index (χ0) is 18.9. The molecule has 0 aliphatic carbocycles. The summed E-state index contributed by atoms with van der Waals surface area (Å²) in [6.45, 7) is 2.90. The maximum Gasteiger partial charge on any atom is 0.191 e. The first kappa shape index (κ1) is 16.6. The molecule has 5 rings (SSSR count). The Labute approximate surface area is 160 Å². The topological polar surface area (TPSA) is 88.9 Å². The van der Waals surface area contributed by atoms with Crippen molar-refractivity contribution >= 4 is 16.7 Å². The Kier molecular flexibility index (Phi) is 4.10. The van der Waals surface area contributed by atoms with Gasteiger partial charge < -0.3 is 14.6 Å². The first-order valence-electron chi connectivity index (χ1n) is 9.11. The van der Waals surface area contributed by atoms with Crippen LogP contribution in [0.3, 0.4) is 0 Å². The lowest BCUT2D eigenvalue weighted by Crippen LogP contribution is -2.37. The minimum Gasteiger partial charge on any atom is -0.378 e. The van der Waals surface area contributed by atoms with Gasteiger partial charge in [0.2, 0.25) is 0 Å². The largest absolute Gasteiger partial charge is 0.378 e. The predicted octanol–water partition coefficient (Wildman–Crippen LogP) is 2.01. The molecule has 4 heterocycles. The maximum atomic E-state index is 12.7. The Hall–Kier alpha value is -3.52. The molecule has 1 aliphatic rings. The van der Waals surface area contributed by atoms with E-state index in [9.17, 15) is 4.79 Å². The van der Waals surface area contributed by atoms with E-state index in [1.807, 2.05) is 36.5 Å². The van der Waals surface area contributed by atoms with Gasteiger partial charge in [0.1, 0.15) is 11.5 Å². The fourth-order valence-corrected chi connectivity index (χ4v) is 3.39. The molecule has 0 bridgehead atoms. The highest BCUT2D eigenvalue weighted by Crippen LogP contribution is 2.23. The van der Waals surface area contributed by atoms with E-state index in [-0.39, 0.29) is 5.43 Å². The standard InChI is InChI=1S/C20H18N6O2/c27-19-12-20(25-7-9-28-10-8-25)22-17-2-1-14(11-16(17)19)18-13-26(24-23-18)15-3-5-21-6-4-15/h1-6,11-13H,7-10H2,(H,22,27). The molecular formula is C20H18N6O2. The Morgan fingerprint density at radius 1 is 1.04 bits per heavy atom. The Morgan fingerprint density at radius 2 is 1.86 bits per heavy atom. The van der Waals surface area contributed by atoms with E-state index in [0.717, 1.165) is 35.7 Å². The number of nitrogens with one attached hydrogen (secondary N) is 1. The molecule has 0 atom stereocenters. The van der Waals surface area contributed by atoms with Crippen LogP contribution in [0.1, 0.15) is 0 Å². The first-order valence-corrected chi connectivity index (χ1v) is 9.11. The van der Waals surface area contributed by atoms with Crippen LogP contribution in [0.5, 0.6) is 0 Å². The van der Waals surface area contributed by atoms with Gasteiger partial charge in [-0.25, -0.2) is 4.68 Å². The highest BCUT2D eigenvalue weighted by molar-refractivity contribution is 5.85. The van der Waals surface area contributed by atoms with E-state index in [0.29, 0.717) is 24.3 Å². The van der Waals surface area contributed by atoms with Crippen molar-refractivity contribution in [2.75, 3.05) is 31.2 Å². The van der Waals surface area contributed by atoms with Crippen molar-refractivity contribution in [3.05, 3.63) is 65.2 Å². The molecular weight excluding hydrogens is 356 g/mol. The fourth-order valence-electron chi connectivity index (χ4n) is 3.39. The molecule has 8 heteroatoms. The number of hydrogen-bond acceptors (Lipinski definition) is 6. The van der Waals surface area contributed by atoms with E-state index in [1.54, 1.807) is 23.1 Å². The van der Waals surface area contributed by atoms with Gasteiger partial charge in [0.05, 0.1) is 30.6 Å². The number of ether oxygens (including phenoxy) is 1. The number of fused-ring (bicyclic) bond motifs is 1. The highest BCUT2D eigenvalue weighted by atomic mass is 16.5. The van der Waals surface area contributed by atoms with Crippen LogP contribution >= 0.6 is 0 Å². The minimum absolute atomic E-state index is 0.0152. The molecule has 1 aliphatic heterocycles. The third kappa shape index (κ3) is 3.03. The lowest BCUT2D eigenvalue weighted by Gasteiger charge is -2.28. The van der Waals surface area contributed by atoms with Crippen LogP contribution in [0.2, 0.25) is 0 Å². The average Bonchev–Trinajstić information content (AvgIpc) is 3.25. The molecule has 1 N–H and O–H groups in total. The number of aromatic nitrogens is 5. The van der Waals surface area contributed by atoms with E-state index in [4.69, 9.17) is 4.74 Å². The van der Waals surface area contributed by atoms with E-state index < -0.39 is 0 Å². The number of nitrogens with zero attached hydrogens (tertiary/aromatic N) is 5. The smallest absolute Gasteiger partial charge is 0.191 e. The van der Waals surface area contributed by atoms with Crippen molar-refractivity contribution in [1.29, 1.82) is 0 Å². The van der Waals surface area contributed by atoms with Crippen LogP contribution < -0.4 is 10.3 Å². The van der Waals surface area contributed by atoms with Gasteiger partial charge in [0, 0.05) is 42.5 Å². The van der Waals surface area contributed by atoms with Crippen molar-refractivity contribution in [1.82, 2.24) is 25.0 Å². The molecule has 1 saturated heterocycles. The SMILES string of the molecule is O=c1cc(N2CCOCC2)[nH]c2ccc(-c3cn(-c4ccncc4)nn3)cc12. The Morgan fingerprint density at radius 3 is 2.68 bits per heavy atom. The molecule has 140 valence electrons. The zero-order valence-electron chi connectivity index (χ0n) is 15.1. The molecule has 8 nitrogen and oxygen atoms in total. The molecule has 0 amide bonds. The van der Waals surface area contributed by atoms with Crippen molar-refractivity contribution in [3.63, 3.8) is 0 Å². The van der Waals surface area contributed by atoms with Crippen LogP contribution in [0.25, 0.3) is 27.8 Å². The number of benzene rings is 1. The highest BCUT2D eigenvalue weighted by Gasteiger charge is 2.14. The summed E-state index contributed by atoms with van der Waals surface area (Å²) in [5, 5.41) is 9.06. The number of morpholine rings is 1. The van der Waals surface area contributed by atoms with Crippen molar-refractivity contribution < 1.29 is 4.74 Å². The summed E-state index contributed by atoms with van der Waals surface area (Å²) in [4.78, 5) is 22.2. The normalized spacial score (nSPS) is 14.5. The lowest BCUT2D eigenvalue weighted by atomic mass is 10.1. The minimum atomic E-state index is -0.0152. The second kappa shape index (κ2) is 6.90. The molecule has 3 aromatic heterocycles. The number of anilines is 1. The quantitative estimate of drug-likeness (QED) is 0.590. The number of H-pyrrole nitrogens is 1. The predicted molar refractivity (Wildman–Crippen MR) is 106 cm³/mol. The summed E-state index contributed by atoms with van der Waals surface area (Å²) in [7, 11) is 0. The van der Waals surface area contributed by atoms with Gasteiger partial charge in [-0.3, -0.25) is 9.78 Å². The van der Waals surface area contributed by atoms with Crippen LogP contribution in [-0.4, -0.2) is 51.3 Å². The Balaban J connectivity index is 1.51. The molecule has 0 saturated carbocycles. The third-order valence-corrected chi connectivity index (χ3v) is 4.88. The molecule has 0 unspecified atom stereocenters. The maximum absolute atomic E-state index is 12.7. The van der Waals surface area contributed by atoms with Gasteiger partial charge in [0.25, 0.3) is 0 Å². The molecule has 28 heavy (non-hydrogen) atoms. The second-order valence-corrected chi connectivity index (χ2v) is 6.63. The van der Waals surface area contributed by atoms with Gasteiger partial charge in [-0.05, 0) is 24.3 Å². The summed E-state index contributed by atoms with van der Waals surface area (Å²) >= 11 is 0. The van der Waals surface area contributed by atoms with Crippen LogP contribution in [0, 0.1) is 0 Å². The summed E-state index contributed by atoms with van der Waals surface area (Å²) in [6.07, 6.45) is 5.25. The summed E-state index contributed by atoms with van der Waals surface area (Å²) in [5.41, 5.74) is 3.22. The number of hydrogen-bond donors (Lipinski definition) is 1. The van der Waals surface area contributed by atoms with E-state index in [1.165, 1.54) is 0 Å². The van der Waals surface area contributed by atoms with Gasteiger partial charge in [-0.1, -0.05) is 11.3 Å². The summed E-state index contributed by atoms with van der Waals surface area (Å²) < 4.78 is 7.07. The molecule has 1 aromatic carbocycles. The van der Waals surface area contributed by atoms with Crippen molar-refractivity contribution in [2.24, 2.45) is 0 Å².